The van der Waals surface area contributed by atoms with Gasteiger partial charge in [-0.15, -0.1) is 0 Å². The van der Waals surface area contributed by atoms with E-state index in [1.165, 1.54) is 0 Å². The number of aryl methyl sites for hydroxylation is 1. The number of anilines is 1. The molecule has 2 aromatic carbocycles. The molecule has 0 radical (unpaired) electrons. The second-order valence-electron chi connectivity index (χ2n) is 6.27. The number of hydrogen-bond acceptors (Lipinski definition) is 6. The molecule has 1 aliphatic rings. The van der Waals surface area contributed by atoms with Crippen LogP contribution in [0.5, 0.6) is 11.5 Å². The Balaban J connectivity index is 1.24. The molecule has 0 aliphatic carbocycles. The minimum Gasteiger partial charge on any atom is -0.456 e. The van der Waals surface area contributed by atoms with Crippen molar-refractivity contribution in [3.63, 3.8) is 0 Å². The number of amides is 1. The van der Waals surface area contributed by atoms with Crippen molar-refractivity contribution in [1.82, 2.24) is 4.98 Å². The van der Waals surface area contributed by atoms with E-state index in [1.54, 1.807) is 18.2 Å². The molecule has 3 aromatic rings. The number of para-hydroxylation sites is 1. The Labute approximate surface area is 161 Å². The molecule has 0 fully saturated rings. The second-order valence-corrected chi connectivity index (χ2v) is 6.27. The number of ether oxygens (including phenoxy) is 3. The smallest absolute Gasteiger partial charge is 0.306 e. The van der Waals surface area contributed by atoms with Gasteiger partial charge in [0, 0.05) is 29.3 Å². The number of nitrogens with zero attached hydrogens (tertiary/aromatic N) is 1. The normalized spacial score (nSPS) is 12.0. The third-order valence-electron chi connectivity index (χ3n) is 4.26. The van der Waals surface area contributed by atoms with Crippen LogP contribution in [0.1, 0.15) is 12.1 Å². The summed E-state index contributed by atoms with van der Waals surface area (Å²) in [5, 5.41) is 3.71. The van der Waals surface area contributed by atoms with Crippen molar-refractivity contribution in [3.05, 3.63) is 60.3 Å². The molecular formula is C21H18N2O5. The zero-order valence-electron chi connectivity index (χ0n) is 15.0. The van der Waals surface area contributed by atoms with E-state index in [4.69, 9.17) is 14.2 Å². The van der Waals surface area contributed by atoms with Gasteiger partial charge in [0.05, 0.1) is 11.9 Å². The van der Waals surface area contributed by atoms with E-state index in [2.05, 4.69) is 10.3 Å². The van der Waals surface area contributed by atoms with Crippen LogP contribution >= 0.6 is 0 Å². The van der Waals surface area contributed by atoms with Crippen LogP contribution < -0.4 is 14.8 Å². The number of carbonyl (C=O) groups excluding carboxylic acids is 2. The van der Waals surface area contributed by atoms with Crippen molar-refractivity contribution in [2.24, 2.45) is 0 Å². The molecule has 4 rings (SSSR count). The zero-order valence-corrected chi connectivity index (χ0v) is 15.0. The predicted molar refractivity (Wildman–Crippen MR) is 102 cm³/mol. The Kier molecular flexibility index (Phi) is 5.05. The van der Waals surface area contributed by atoms with Crippen LogP contribution in [0.3, 0.4) is 0 Å². The van der Waals surface area contributed by atoms with E-state index in [9.17, 15) is 9.59 Å². The van der Waals surface area contributed by atoms with Gasteiger partial charge in [0.25, 0.3) is 5.91 Å². The van der Waals surface area contributed by atoms with Crippen molar-refractivity contribution in [3.8, 4) is 11.5 Å². The summed E-state index contributed by atoms with van der Waals surface area (Å²) in [7, 11) is 0. The van der Waals surface area contributed by atoms with Crippen LogP contribution in [0.15, 0.2) is 54.6 Å². The molecule has 1 amide bonds. The summed E-state index contributed by atoms with van der Waals surface area (Å²) >= 11 is 0. The molecule has 7 heteroatoms. The first kappa shape index (κ1) is 17.8. The number of fused-ring (bicyclic) bond motifs is 2. The molecule has 0 atom stereocenters. The Bertz CT molecular complexity index is 1030. The van der Waals surface area contributed by atoms with Crippen LogP contribution in [-0.2, 0) is 20.7 Å². The fourth-order valence-electron chi connectivity index (χ4n) is 2.87. The average molecular weight is 378 g/mol. The topological polar surface area (TPSA) is 86.8 Å². The number of pyridine rings is 1. The molecule has 28 heavy (non-hydrogen) atoms. The predicted octanol–water partition coefficient (Wildman–Crippen LogP) is 3.08. The van der Waals surface area contributed by atoms with E-state index >= 15 is 0 Å². The number of esters is 1. The van der Waals surface area contributed by atoms with Gasteiger partial charge in [-0.2, -0.15) is 0 Å². The van der Waals surface area contributed by atoms with E-state index in [0.717, 1.165) is 16.6 Å². The van der Waals surface area contributed by atoms with Gasteiger partial charge in [-0.25, -0.2) is 0 Å². The van der Waals surface area contributed by atoms with Crippen LogP contribution in [0.25, 0.3) is 10.9 Å². The van der Waals surface area contributed by atoms with Crippen LogP contribution in [0.4, 0.5) is 5.69 Å². The van der Waals surface area contributed by atoms with Gasteiger partial charge in [-0.05, 0) is 24.3 Å². The van der Waals surface area contributed by atoms with E-state index in [0.29, 0.717) is 23.6 Å². The number of hydrogen-bond donors (Lipinski definition) is 1. The number of nitrogens with one attached hydrogen (secondary N) is 1. The SMILES string of the molecule is O=C(COC(=O)CCc1ccc2ccccc2n1)Nc1ccc2c(c1)OCO2. The van der Waals surface area contributed by atoms with Crippen LogP contribution in [0.2, 0.25) is 0 Å². The van der Waals surface area contributed by atoms with Crippen molar-refractivity contribution < 1.29 is 23.8 Å². The third-order valence-corrected chi connectivity index (χ3v) is 4.26. The summed E-state index contributed by atoms with van der Waals surface area (Å²) in [6, 6.07) is 16.7. The summed E-state index contributed by atoms with van der Waals surface area (Å²) in [5.41, 5.74) is 2.24. The Hall–Kier alpha value is -3.61. The standard InChI is InChI=1S/C21H18N2O5/c24-20(23-16-7-9-18-19(11-16)28-13-27-18)12-26-21(25)10-8-15-6-5-14-3-1-2-4-17(14)22-15/h1-7,9,11H,8,10,12-13H2,(H,23,24). The number of aromatic nitrogens is 1. The van der Waals surface area contributed by atoms with Gasteiger partial charge in [0.1, 0.15) is 0 Å². The number of carbonyl (C=O) groups is 2. The summed E-state index contributed by atoms with van der Waals surface area (Å²) in [6.45, 7) is -0.186. The van der Waals surface area contributed by atoms with E-state index in [1.807, 2.05) is 36.4 Å². The fraction of sp³-hybridized carbons (Fsp3) is 0.190. The Morgan fingerprint density at radius 2 is 1.89 bits per heavy atom. The maximum absolute atomic E-state index is 12.0. The lowest BCUT2D eigenvalue weighted by Gasteiger charge is -2.07. The first-order valence-corrected chi connectivity index (χ1v) is 8.87. The third kappa shape index (κ3) is 4.20. The summed E-state index contributed by atoms with van der Waals surface area (Å²) in [5.74, 6) is 0.330. The molecule has 0 bridgehead atoms. The number of rotatable bonds is 6. The minimum atomic E-state index is -0.448. The molecular weight excluding hydrogens is 360 g/mol. The molecule has 0 spiro atoms. The van der Waals surface area contributed by atoms with Gasteiger partial charge in [-0.1, -0.05) is 24.3 Å². The molecule has 1 N–H and O–H groups in total. The van der Waals surface area contributed by atoms with Crippen molar-refractivity contribution in [2.45, 2.75) is 12.8 Å². The highest BCUT2D eigenvalue weighted by atomic mass is 16.7. The fourth-order valence-corrected chi connectivity index (χ4v) is 2.87. The molecule has 2 heterocycles. The summed E-state index contributed by atoms with van der Waals surface area (Å²) in [6.07, 6.45) is 0.607. The van der Waals surface area contributed by atoms with Crippen molar-refractivity contribution >= 4 is 28.5 Å². The maximum atomic E-state index is 12.0. The average Bonchev–Trinajstić information content (AvgIpc) is 3.18. The molecule has 0 saturated heterocycles. The van der Waals surface area contributed by atoms with Gasteiger partial charge in [0.15, 0.2) is 18.1 Å². The lowest BCUT2D eigenvalue weighted by molar-refractivity contribution is -0.147. The molecule has 0 saturated carbocycles. The Morgan fingerprint density at radius 1 is 1.04 bits per heavy atom. The largest absolute Gasteiger partial charge is 0.456 e. The highest BCUT2D eigenvalue weighted by Gasteiger charge is 2.15. The molecule has 0 unspecified atom stereocenters. The lowest BCUT2D eigenvalue weighted by atomic mass is 10.1. The van der Waals surface area contributed by atoms with E-state index in [-0.39, 0.29) is 19.8 Å². The van der Waals surface area contributed by atoms with Crippen molar-refractivity contribution in [2.75, 3.05) is 18.7 Å². The summed E-state index contributed by atoms with van der Waals surface area (Å²) in [4.78, 5) is 28.4. The van der Waals surface area contributed by atoms with Crippen molar-refractivity contribution in [1.29, 1.82) is 0 Å². The highest BCUT2D eigenvalue weighted by Crippen LogP contribution is 2.34. The van der Waals surface area contributed by atoms with Gasteiger partial charge >= 0.3 is 5.97 Å². The van der Waals surface area contributed by atoms with Crippen LogP contribution in [0, 0.1) is 0 Å². The molecule has 1 aromatic heterocycles. The lowest BCUT2D eigenvalue weighted by Crippen LogP contribution is -2.21. The van der Waals surface area contributed by atoms with Gasteiger partial charge in [-0.3, -0.25) is 14.6 Å². The van der Waals surface area contributed by atoms with E-state index < -0.39 is 11.9 Å². The Morgan fingerprint density at radius 3 is 2.82 bits per heavy atom. The molecule has 7 nitrogen and oxygen atoms in total. The van der Waals surface area contributed by atoms with Gasteiger partial charge < -0.3 is 19.5 Å². The maximum Gasteiger partial charge on any atom is 0.306 e. The summed E-state index contributed by atoms with van der Waals surface area (Å²) < 4.78 is 15.5. The van der Waals surface area contributed by atoms with Crippen LogP contribution in [-0.4, -0.2) is 30.3 Å². The first-order valence-electron chi connectivity index (χ1n) is 8.87. The quantitative estimate of drug-likeness (QED) is 0.664. The zero-order chi connectivity index (χ0) is 19.3. The number of benzene rings is 2. The molecule has 1 aliphatic heterocycles. The minimum absolute atomic E-state index is 0.155. The highest BCUT2D eigenvalue weighted by molar-refractivity contribution is 5.93. The second kappa shape index (κ2) is 7.96. The van der Waals surface area contributed by atoms with Gasteiger partial charge in [0.2, 0.25) is 6.79 Å². The monoisotopic (exact) mass is 378 g/mol. The first-order chi connectivity index (χ1) is 13.7. The molecule has 142 valence electrons.